The standard InChI is InChI=1S/C21H18BrNO2/c22-18-8-4-7-17(13-18)14-21(24)23-19-9-11-20(12-10-19)25-15-16-5-2-1-3-6-16/h1-13H,14-15H2,(H,23,24). The maximum absolute atomic E-state index is 12.1. The summed E-state index contributed by atoms with van der Waals surface area (Å²) in [5.74, 6) is 0.727. The number of nitrogens with one attached hydrogen (secondary N) is 1. The van der Waals surface area contributed by atoms with Crippen LogP contribution in [-0.2, 0) is 17.8 Å². The van der Waals surface area contributed by atoms with Gasteiger partial charge in [-0.3, -0.25) is 4.79 Å². The number of benzene rings is 3. The molecule has 3 rings (SSSR count). The normalized spacial score (nSPS) is 10.3. The molecule has 0 unspecified atom stereocenters. The predicted molar refractivity (Wildman–Crippen MR) is 104 cm³/mol. The van der Waals surface area contributed by atoms with E-state index in [9.17, 15) is 4.79 Å². The molecule has 0 spiro atoms. The molecular formula is C21H18BrNO2. The minimum absolute atomic E-state index is 0.0453. The summed E-state index contributed by atoms with van der Waals surface area (Å²) in [4.78, 5) is 12.1. The fourth-order valence-electron chi connectivity index (χ4n) is 2.41. The molecule has 4 heteroatoms. The van der Waals surface area contributed by atoms with E-state index >= 15 is 0 Å². The molecule has 0 heterocycles. The first-order chi connectivity index (χ1) is 12.2. The topological polar surface area (TPSA) is 38.3 Å². The Bertz CT molecular complexity index is 832. The van der Waals surface area contributed by atoms with Crippen molar-refractivity contribution in [3.63, 3.8) is 0 Å². The van der Waals surface area contributed by atoms with Crippen LogP contribution in [0.3, 0.4) is 0 Å². The Hall–Kier alpha value is -2.59. The van der Waals surface area contributed by atoms with Crippen molar-refractivity contribution in [1.29, 1.82) is 0 Å². The van der Waals surface area contributed by atoms with Crippen LogP contribution in [0.15, 0.2) is 83.3 Å². The van der Waals surface area contributed by atoms with Gasteiger partial charge in [-0.1, -0.05) is 58.4 Å². The number of halogens is 1. The fourth-order valence-corrected chi connectivity index (χ4v) is 2.86. The molecule has 126 valence electrons. The van der Waals surface area contributed by atoms with E-state index in [0.29, 0.717) is 13.0 Å². The maximum atomic E-state index is 12.1. The summed E-state index contributed by atoms with van der Waals surface area (Å²) in [6.45, 7) is 0.523. The highest BCUT2D eigenvalue weighted by Crippen LogP contribution is 2.18. The van der Waals surface area contributed by atoms with Crippen LogP contribution >= 0.6 is 15.9 Å². The fraction of sp³-hybridized carbons (Fsp3) is 0.0952. The van der Waals surface area contributed by atoms with E-state index in [1.165, 1.54) is 0 Å². The SMILES string of the molecule is O=C(Cc1cccc(Br)c1)Nc1ccc(OCc2ccccc2)cc1. The van der Waals surface area contributed by atoms with Crippen molar-refractivity contribution in [2.24, 2.45) is 0 Å². The van der Waals surface area contributed by atoms with Crippen molar-refractivity contribution in [2.75, 3.05) is 5.32 Å². The third-order valence-corrected chi connectivity index (χ3v) is 4.13. The minimum Gasteiger partial charge on any atom is -0.489 e. The second-order valence-corrected chi connectivity index (χ2v) is 6.57. The van der Waals surface area contributed by atoms with Gasteiger partial charge in [0.05, 0.1) is 6.42 Å². The molecule has 3 nitrogen and oxygen atoms in total. The predicted octanol–water partition coefficient (Wildman–Crippen LogP) is 5.21. The number of hydrogen-bond donors (Lipinski definition) is 1. The average Bonchev–Trinajstić information content (AvgIpc) is 2.62. The van der Waals surface area contributed by atoms with E-state index in [2.05, 4.69) is 21.2 Å². The van der Waals surface area contributed by atoms with Gasteiger partial charge in [0.15, 0.2) is 0 Å². The summed E-state index contributed by atoms with van der Waals surface area (Å²) >= 11 is 3.41. The summed E-state index contributed by atoms with van der Waals surface area (Å²) in [5, 5.41) is 2.90. The summed E-state index contributed by atoms with van der Waals surface area (Å²) < 4.78 is 6.71. The lowest BCUT2D eigenvalue weighted by Crippen LogP contribution is -2.14. The van der Waals surface area contributed by atoms with E-state index in [0.717, 1.165) is 27.0 Å². The molecule has 0 aliphatic rings. The van der Waals surface area contributed by atoms with Crippen LogP contribution in [0.25, 0.3) is 0 Å². The van der Waals surface area contributed by atoms with Crippen LogP contribution in [-0.4, -0.2) is 5.91 Å². The van der Waals surface area contributed by atoms with Crippen molar-refractivity contribution in [3.05, 3.63) is 94.5 Å². The van der Waals surface area contributed by atoms with Crippen molar-refractivity contribution in [2.45, 2.75) is 13.0 Å². The molecule has 0 atom stereocenters. The Kier molecular flexibility index (Phi) is 5.86. The highest BCUT2D eigenvalue weighted by molar-refractivity contribution is 9.10. The molecule has 0 aliphatic heterocycles. The first-order valence-electron chi connectivity index (χ1n) is 8.00. The van der Waals surface area contributed by atoms with E-state index in [1.54, 1.807) is 0 Å². The lowest BCUT2D eigenvalue weighted by Gasteiger charge is -2.09. The smallest absolute Gasteiger partial charge is 0.228 e. The number of anilines is 1. The first-order valence-corrected chi connectivity index (χ1v) is 8.79. The van der Waals surface area contributed by atoms with Crippen molar-refractivity contribution in [1.82, 2.24) is 0 Å². The summed E-state index contributed by atoms with van der Waals surface area (Å²) in [6.07, 6.45) is 0.339. The van der Waals surface area contributed by atoms with Crippen LogP contribution in [0.1, 0.15) is 11.1 Å². The van der Waals surface area contributed by atoms with E-state index in [4.69, 9.17) is 4.74 Å². The molecule has 3 aromatic rings. The molecule has 0 fully saturated rings. The Morgan fingerprint density at radius 1 is 0.880 bits per heavy atom. The van der Waals surface area contributed by atoms with Crippen LogP contribution < -0.4 is 10.1 Å². The summed E-state index contributed by atoms with van der Waals surface area (Å²) in [6, 6.07) is 25.2. The van der Waals surface area contributed by atoms with Gasteiger partial charge in [0.1, 0.15) is 12.4 Å². The Morgan fingerprint density at radius 3 is 2.32 bits per heavy atom. The van der Waals surface area contributed by atoms with Crippen LogP contribution in [0, 0.1) is 0 Å². The molecule has 25 heavy (non-hydrogen) atoms. The third kappa shape index (κ3) is 5.47. The largest absolute Gasteiger partial charge is 0.489 e. The molecule has 3 aromatic carbocycles. The number of ether oxygens (including phenoxy) is 1. The maximum Gasteiger partial charge on any atom is 0.228 e. The minimum atomic E-state index is -0.0453. The van der Waals surface area contributed by atoms with Crippen LogP contribution in [0.2, 0.25) is 0 Å². The van der Waals surface area contributed by atoms with Gasteiger partial charge in [0, 0.05) is 10.2 Å². The van der Waals surface area contributed by atoms with Gasteiger partial charge in [0.2, 0.25) is 5.91 Å². The van der Waals surface area contributed by atoms with E-state index in [1.807, 2.05) is 78.9 Å². The van der Waals surface area contributed by atoms with Gasteiger partial charge in [-0.2, -0.15) is 0 Å². The first kappa shape index (κ1) is 17.2. The number of rotatable bonds is 6. The average molecular weight is 396 g/mol. The zero-order valence-electron chi connectivity index (χ0n) is 13.6. The number of carbonyl (C=O) groups excluding carboxylic acids is 1. The molecule has 0 saturated carbocycles. The zero-order valence-corrected chi connectivity index (χ0v) is 15.2. The van der Waals surface area contributed by atoms with Gasteiger partial charge in [-0.05, 0) is 47.5 Å². The van der Waals surface area contributed by atoms with Gasteiger partial charge < -0.3 is 10.1 Å². The second kappa shape index (κ2) is 8.49. The van der Waals surface area contributed by atoms with Crippen molar-refractivity contribution < 1.29 is 9.53 Å². The molecule has 0 bridgehead atoms. The molecular weight excluding hydrogens is 378 g/mol. The molecule has 1 amide bonds. The highest BCUT2D eigenvalue weighted by Gasteiger charge is 2.05. The Balaban J connectivity index is 1.52. The van der Waals surface area contributed by atoms with Crippen molar-refractivity contribution in [3.8, 4) is 5.75 Å². The van der Waals surface area contributed by atoms with Crippen LogP contribution in [0.4, 0.5) is 5.69 Å². The number of carbonyl (C=O) groups is 1. The lowest BCUT2D eigenvalue weighted by molar-refractivity contribution is -0.115. The van der Waals surface area contributed by atoms with Gasteiger partial charge in [0.25, 0.3) is 0 Å². The molecule has 0 aromatic heterocycles. The highest BCUT2D eigenvalue weighted by atomic mass is 79.9. The second-order valence-electron chi connectivity index (χ2n) is 5.65. The van der Waals surface area contributed by atoms with E-state index < -0.39 is 0 Å². The molecule has 0 aliphatic carbocycles. The van der Waals surface area contributed by atoms with E-state index in [-0.39, 0.29) is 5.91 Å². The third-order valence-electron chi connectivity index (χ3n) is 3.64. The van der Waals surface area contributed by atoms with Crippen molar-refractivity contribution >= 4 is 27.5 Å². The summed E-state index contributed by atoms with van der Waals surface area (Å²) in [7, 11) is 0. The van der Waals surface area contributed by atoms with Gasteiger partial charge in [-0.25, -0.2) is 0 Å². The van der Waals surface area contributed by atoms with Gasteiger partial charge in [-0.15, -0.1) is 0 Å². The van der Waals surface area contributed by atoms with Gasteiger partial charge >= 0.3 is 0 Å². The molecule has 1 N–H and O–H groups in total. The number of hydrogen-bond acceptors (Lipinski definition) is 2. The quantitative estimate of drug-likeness (QED) is 0.621. The monoisotopic (exact) mass is 395 g/mol. The zero-order chi connectivity index (χ0) is 17.5. The molecule has 0 saturated heterocycles. The molecule has 0 radical (unpaired) electrons. The lowest BCUT2D eigenvalue weighted by atomic mass is 10.1. The Morgan fingerprint density at radius 2 is 1.60 bits per heavy atom. The summed E-state index contributed by atoms with van der Waals surface area (Å²) in [5.41, 5.74) is 2.84. The Labute approximate surface area is 155 Å². The number of amides is 1. The van der Waals surface area contributed by atoms with Crippen LogP contribution in [0.5, 0.6) is 5.75 Å².